The molecule has 0 fully saturated rings. The molecule has 0 aliphatic heterocycles. The van der Waals surface area contributed by atoms with E-state index in [2.05, 4.69) is 32.5 Å². The van der Waals surface area contributed by atoms with Crippen molar-refractivity contribution in [1.29, 1.82) is 0 Å². The monoisotopic (exact) mass is 386 g/mol. The van der Waals surface area contributed by atoms with Crippen LogP contribution >= 0.6 is 23.1 Å². The summed E-state index contributed by atoms with van der Waals surface area (Å²) in [6.07, 6.45) is 2.05. The highest BCUT2D eigenvalue weighted by atomic mass is 32.2. The number of rotatable bonds is 6. The lowest BCUT2D eigenvalue weighted by atomic mass is 10.1. The van der Waals surface area contributed by atoms with Crippen LogP contribution in [-0.2, 0) is 0 Å². The van der Waals surface area contributed by atoms with Gasteiger partial charge in [-0.15, -0.1) is 11.8 Å². The lowest BCUT2D eigenvalue weighted by molar-refractivity contribution is -0.856. The Morgan fingerprint density at radius 3 is 2.58 bits per heavy atom. The molecule has 6 heteroatoms. The number of thiazole rings is 1. The summed E-state index contributed by atoms with van der Waals surface area (Å²) in [5, 5.41) is 0.772. The summed E-state index contributed by atoms with van der Waals surface area (Å²) in [6, 6.07) is 13.9. The van der Waals surface area contributed by atoms with Crippen molar-refractivity contribution in [3.8, 4) is 0 Å². The van der Waals surface area contributed by atoms with Gasteiger partial charge in [-0.3, -0.25) is 9.69 Å². The molecule has 0 aliphatic carbocycles. The Balaban J connectivity index is 2.00. The summed E-state index contributed by atoms with van der Waals surface area (Å²) in [4.78, 5) is 22.3. The molecule has 3 aromatic rings. The summed E-state index contributed by atoms with van der Waals surface area (Å²) in [7, 11) is 4.19. The van der Waals surface area contributed by atoms with Crippen LogP contribution in [0.25, 0.3) is 10.2 Å². The zero-order valence-electron chi connectivity index (χ0n) is 15.6. The first-order valence-electron chi connectivity index (χ1n) is 8.60. The first-order chi connectivity index (χ1) is 12.5. The highest BCUT2D eigenvalue weighted by Crippen LogP contribution is 2.34. The van der Waals surface area contributed by atoms with Crippen molar-refractivity contribution in [1.82, 2.24) is 4.98 Å². The molecule has 1 N–H and O–H groups in total. The number of likely N-dealkylation sites (N-methyl/N-ethyl adjacent to an activating group) is 1. The lowest BCUT2D eigenvalue weighted by Gasteiger charge is -2.20. The van der Waals surface area contributed by atoms with Crippen molar-refractivity contribution in [2.45, 2.75) is 11.8 Å². The second-order valence-corrected chi connectivity index (χ2v) is 8.44. The van der Waals surface area contributed by atoms with E-state index in [0.717, 1.165) is 32.4 Å². The van der Waals surface area contributed by atoms with Gasteiger partial charge in [0.2, 0.25) is 0 Å². The molecule has 1 aromatic heterocycles. The van der Waals surface area contributed by atoms with Gasteiger partial charge in [-0.1, -0.05) is 35.1 Å². The number of quaternary nitrogens is 1. The Bertz CT molecular complexity index is 903. The van der Waals surface area contributed by atoms with Crippen LogP contribution in [0.2, 0.25) is 0 Å². The summed E-state index contributed by atoms with van der Waals surface area (Å²) >= 11 is 3.27. The molecule has 0 aliphatic rings. The highest BCUT2D eigenvalue weighted by molar-refractivity contribution is 7.98. The van der Waals surface area contributed by atoms with Crippen LogP contribution < -0.4 is 9.80 Å². The fraction of sp³-hybridized carbons (Fsp3) is 0.300. The average molecular weight is 387 g/mol. The largest absolute Gasteiger partial charge is 0.338 e. The van der Waals surface area contributed by atoms with E-state index >= 15 is 0 Å². The topological polar surface area (TPSA) is 37.6 Å². The minimum atomic E-state index is 0.0102. The van der Waals surface area contributed by atoms with E-state index in [1.165, 1.54) is 4.90 Å². The number of thioether (sulfide) groups is 1. The number of carbonyl (C=O) groups excluding carboxylic acids is 1. The van der Waals surface area contributed by atoms with Gasteiger partial charge >= 0.3 is 0 Å². The number of fused-ring (bicyclic) bond motifs is 1. The van der Waals surface area contributed by atoms with E-state index in [9.17, 15) is 4.79 Å². The van der Waals surface area contributed by atoms with E-state index in [1.54, 1.807) is 23.1 Å². The fourth-order valence-electron chi connectivity index (χ4n) is 2.66. The second-order valence-electron chi connectivity index (χ2n) is 6.58. The van der Waals surface area contributed by atoms with E-state index in [-0.39, 0.29) is 5.91 Å². The van der Waals surface area contributed by atoms with Crippen LogP contribution in [0.3, 0.4) is 0 Å². The predicted octanol–water partition coefficient (Wildman–Crippen LogP) is 3.12. The van der Waals surface area contributed by atoms with Crippen molar-refractivity contribution >= 4 is 44.4 Å². The van der Waals surface area contributed by atoms with E-state index in [4.69, 9.17) is 4.98 Å². The molecule has 0 bridgehead atoms. The van der Waals surface area contributed by atoms with E-state index < -0.39 is 0 Å². The Labute approximate surface area is 162 Å². The maximum Gasteiger partial charge on any atom is 0.260 e. The van der Waals surface area contributed by atoms with Gasteiger partial charge in [0.15, 0.2) is 5.13 Å². The van der Waals surface area contributed by atoms with Gasteiger partial charge in [0, 0.05) is 10.5 Å². The van der Waals surface area contributed by atoms with Crippen LogP contribution in [-0.4, -0.2) is 44.3 Å². The van der Waals surface area contributed by atoms with E-state index in [1.807, 2.05) is 42.2 Å². The molecule has 3 rings (SSSR count). The SMILES string of the molecule is CSc1cccc2sc(N(CC[NH+](C)C)C(=O)c3ccc(C)cc3)nc12. The number of hydrogen-bond acceptors (Lipinski definition) is 4. The zero-order valence-corrected chi connectivity index (χ0v) is 17.2. The van der Waals surface area contributed by atoms with Crippen LogP contribution in [0.15, 0.2) is 47.4 Å². The average Bonchev–Trinajstić information content (AvgIpc) is 3.05. The van der Waals surface area contributed by atoms with E-state index in [0.29, 0.717) is 12.1 Å². The minimum absolute atomic E-state index is 0.0102. The Morgan fingerprint density at radius 1 is 1.19 bits per heavy atom. The predicted molar refractivity (Wildman–Crippen MR) is 112 cm³/mol. The number of nitrogens with one attached hydrogen (secondary N) is 1. The van der Waals surface area contributed by atoms with Crippen molar-refractivity contribution in [3.63, 3.8) is 0 Å². The smallest absolute Gasteiger partial charge is 0.260 e. The van der Waals surface area contributed by atoms with Crippen LogP contribution in [0.5, 0.6) is 0 Å². The van der Waals surface area contributed by atoms with Crippen LogP contribution in [0.1, 0.15) is 15.9 Å². The molecule has 2 aromatic carbocycles. The molecule has 0 spiro atoms. The Morgan fingerprint density at radius 2 is 1.92 bits per heavy atom. The molecule has 4 nitrogen and oxygen atoms in total. The number of benzene rings is 2. The molecule has 1 heterocycles. The molecule has 26 heavy (non-hydrogen) atoms. The first kappa shape index (κ1) is 18.9. The first-order valence-corrected chi connectivity index (χ1v) is 10.6. The van der Waals surface area contributed by atoms with Crippen LogP contribution in [0, 0.1) is 6.92 Å². The van der Waals surface area contributed by atoms with Gasteiger partial charge in [0.1, 0.15) is 0 Å². The van der Waals surface area contributed by atoms with Gasteiger partial charge in [-0.25, -0.2) is 4.98 Å². The fourth-order valence-corrected chi connectivity index (χ4v) is 4.31. The summed E-state index contributed by atoms with van der Waals surface area (Å²) < 4.78 is 1.12. The Kier molecular flexibility index (Phi) is 5.96. The maximum atomic E-state index is 13.2. The lowest BCUT2D eigenvalue weighted by Crippen LogP contribution is -3.06. The zero-order chi connectivity index (χ0) is 18.7. The molecule has 0 unspecified atom stereocenters. The molecule has 0 saturated heterocycles. The van der Waals surface area contributed by atoms with Crippen LogP contribution in [0.4, 0.5) is 5.13 Å². The summed E-state index contributed by atoms with van der Waals surface area (Å²) in [5.74, 6) is 0.0102. The van der Waals surface area contributed by atoms with Gasteiger partial charge in [0.25, 0.3) is 5.91 Å². The van der Waals surface area contributed by atoms with Crippen molar-refractivity contribution < 1.29 is 9.69 Å². The van der Waals surface area contributed by atoms with Crippen molar-refractivity contribution in [2.24, 2.45) is 0 Å². The number of anilines is 1. The molecular formula is C20H24N3OS2+. The number of amides is 1. The number of aromatic nitrogens is 1. The standard InChI is InChI=1S/C20H23N3OS2/c1-14-8-10-15(11-9-14)19(24)23(13-12-22(2)3)20-21-18-16(25-4)6-5-7-17(18)26-20/h5-11H,12-13H2,1-4H3/p+1. The molecule has 136 valence electrons. The third-order valence-corrected chi connectivity index (χ3v) is 6.01. The number of nitrogens with zero attached hydrogens (tertiary/aromatic N) is 2. The normalized spacial score (nSPS) is 11.3. The third kappa shape index (κ3) is 4.09. The molecule has 1 amide bonds. The second kappa shape index (κ2) is 8.20. The maximum absolute atomic E-state index is 13.2. The minimum Gasteiger partial charge on any atom is -0.338 e. The number of para-hydroxylation sites is 1. The summed E-state index contributed by atoms with van der Waals surface area (Å²) in [6.45, 7) is 3.53. The number of aryl methyl sites for hydroxylation is 1. The highest BCUT2D eigenvalue weighted by Gasteiger charge is 2.22. The molecule has 0 saturated carbocycles. The molecule has 0 radical (unpaired) electrons. The van der Waals surface area contributed by atoms with Gasteiger partial charge in [-0.05, 0) is 37.4 Å². The number of hydrogen-bond donors (Lipinski definition) is 1. The summed E-state index contributed by atoms with van der Waals surface area (Å²) in [5.41, 5.74) is 2.84. The van der Waals surface area contributed by atoms with Gasteiger partial charge in [-0.2, -0.15) is 0 Å². The molecule has 0 atom stereocenters. The van der Waals surface area contributed by atoms with Crippen molar-refractivity contribution in [3.05, 3.63) is 53.6 Å². The number of carbonyl (C=O) groups is 1. The van der Waals surface area contributed by atoms with Gasteiger partial charge < -0.3 is 4.90 Å². The molecular weight excluding hydrogens is 362 g/mol. The third-order valence-electron chi connectivity index (χ3n) is 4.20. The van der Waals surface area contributed by atoms with Crippen molar-refractivity contribution in [2.75, 3.05) is 38.3 Å². The van der Waals surface area contributed by atoms with Gasteiger partial charge in [0.05, 0.1) is 37.4 Å². The quantitative estimate of drug-likeness (QED) is 0.662. The Hall–Kier alpha value is -1.89.